The molecule has 0 aliphatic rings. The first kappa shape index (κ1) is 13.7. The van der Waals surface area contributed by atoms with Crippen molar-refractivity contribution in [3.8, 4) is 0 Å². The van der Waals surface area contributed by atoms with Crippen LogP contribution in [-0.4, -0.2) is 5.91 Å². The summed E-state index contributed by atoms with van der Waals surface area (Å²) in [6.45, 7) is 0.428. The summed E-state index contributed by atoms with van der Waals surface area (Å²) in [4.78, 5) is 11.8. The lowest BCUT2D eigenvalue weighted by Gasteiger charge is -2.06. The topological polar surface area (TPSA) is 29.1 Å². The third-order valence-electron chi connectivity index (χ3n) is 2.72. The summed E-state index contributed by atoms with van der Waals surface area (Å²) in [6.07, 6.45) is 0. The van der Waals surface area contributed by atoms with E-state index in [0.29, 0.717) is 12.1 Å². The van der Waals surface area contributed by atoms with Gasteiger partial charge in [-0.15, -0.1) is 0 Å². The van der Waals surface area contributed by atoms with Crippen LogP contribution in [0.3, 0.4) is 0 Å². The first-order chi connectivity index (χ1) is 9.19. The lowest BCUT2D eigenvalue weighted by atomic mass is 10.1. The molecule has 0 aliphatic carbocycles. The molecule has 98 valence electrons. The maximum Gasteiger partial charge on any atom is 0.251 e. The number of hydrogen-bond acceptors (Lipinski definition) is 1. The lowest BCUT2D eigenvalue weighted by Crippen LogP contribution is -2.22. The quantitative estimate of drug-likeness (QED) is 0.856. The number of rotatable bonds is 4. The van der Waals surface area contributed by atoms with Crippen LogP contribution in [0.15, 0.2) is 48.5 Å². The van der Waals surface area contributed by atoms with Crippen LogP contribution in [0.25, 0.3) is 0 Å². The summed E-state index contributed by atoms with van der Waals surface area (Å²) in [5.41, 5.74) is 2.52. The molecule has 0 radical (unpaired) electrons. The summed E-state index contributed by atoms with van der Waals surface area (Å²) in [5, 5.41) is 3.57. The smallest absolute Gasteiger partial charge is 0.251 e. The third-order valence-corrected chi connectivity index (χ3v) is 3.36. The molecule has 0 saturated heterocycles. The van der Waals surface area contributed by atoms with Crippen LogP contribution in [0.4, 0.5) is 4.39 Å². The van der Waals surface area contributed by atoms with Gasteiger partial charge < -0.3 is 5.32 Å². The fourth-order valence-electron chi connectivity index (χ4n) is 1.66. The Labute approximate surface area is 119 Å². The van der Waals surface area contributed by atoms with Crippen LogP contribution in [0.2, 0.25) is 0 Å². The van der Waals surface area contributed by atoms with Crippen molar-refractivity contribution in [1.29, 1.82) is 0 Å². The van der Waals surface area contributed by atoms with Gasteiger partial charge in [0.2, 0.25) is 0 Å². The highest BCUT2D eigenvalue weighted by atomic mass is 79.9. The first-order valence-electron chi connectivity index (χ1n) is 5.86. The monoisotopic (exact) mass is 321 g/mol. The molecule has 0 unspecified atom stereocenters. The average molecular weight is 322 g/mol. The molecule has 0 atom stereocenters. The fraction of sp³-hybridized carbons (Fsp3) is 0.133. The summed E-state index contributed by atoms with van der Waals surface area (Å²) in [7, 11) is 0. The van der Waals surface area contributed by atoms with E-state index in [2.05, 4.69) is 21.2 Å². The maximum absolute atomic E-state index is 13.0. The Balaban J connectivity index is 1.96. The van der Waals surface area contributed by atoms with Crippen molar-refractivity contribution < 1.29 is 9.18 Å². The number of halogens is 2. The van der Waals surface area contributed by atoms with E-state index < -0.39 is 5.82 Å². The SMILES string of the molecule is O=C(NCc1ccc(CBr)cc1)c1cccc(F)c1. The molecule has 0 fully saturated rings. The van der Waals surface area contributed by atoms with Gasteiger partial charge >= 0.3 is 0 Å². The van der Waals surface area contributed by atoms with Crippen molar-refractivity contribution in [3.63, 3.8) is 0 Å². The molecular formula is C15H13BrFNO. The molecule has 0 heterocycles. The van der Waals surface area contributed by atoms with Gasteiger partial charge in [-0.2, -0.15) is 0 Å². The highest BCUT2D eigenvalue weighted by molar-refractivity contribution is 9.08. The van der Waals surface area contributed by atoms with Gasteiger partial charge in [0, 0.05) is 17.4 Å². The van der Waals surface area contributed by atoms with E-state index in [0.717, 1.165) is 10.9 Å². The van der Waals surface area contributed by atoms with Crippen molar-refractivity contribution in [2.24, 2.45) is 0 Å². The zero-order valence-corrected chi connectivity index (χ0v) is 11.8. The van der Waals surface area contributed by atoms with Crippen LogP contribution in [0, 0.1) is 5.82 Å². The predicted molar refractivity (Wildman–Crippen MR) is 76.6 cm³/mol. The van der Waals surface area contributed by atoms with E-state index in [1.54, 1.807) is 6.07 Å². The van der Waals surface area contributed by atoms with E-state index in [9.17, 15) is 9.18 Å². The van der Waals surface area contributed by atoms with Gasteiger partial charge in [-0.3, -0.25) is 4.79 Å². The molecule has 2 aromatic rings. The molecule has 4 heteroatoms. The Hall–Kier alpha value is -1.68. The zero-order valence-electron chi connectivity index (χ0n) is 10.2. The van der Waals surface area contributed by atoms with Crippen molar-refractivity contribution >= 4 is 21.8 Å². The number of benzene rings is 2. The molecule has 0 saturated carbocycles. The van der Waals surface area contributed by atoms with Crippen molar-refractivity contribution in [3.05, 3.63) is 71.0 Å². The van der Waals surface area contributed by atoms with Gasteiger partial charge in [0.1, 0.15) is 5.82 Å². The second-order valence-electron chi connectivity index (χ2n) is 4.14. The number of alkyl halides is 1. The van der Waals surface area contributed by atoms with Crippen LogP contribution in [0.1, 0.15) is 21.5 Å². The van der Waals surface area contributed by atoms with Gasteiger partial charge in [-0.05, 0) is 29.3 Å². The van der Waals surface area contributed by atoms with Crippen molar-refractivity contribution in [2.75, 3.05) is 0 Å². The first-order valence-corrected chi connectivity index (χ1v) is 6.99. The number of carbonyl (C=O) groups is 1. The summed E-state index contributed by atoms with van der Waals surface area (Å²) in [6, 6.07) is 13.6. The molecule has 2 aromatic carbocycles. The predicted octanol–water partition coefficient (Wildman–Crippen LogP) is 3.65. The minimum absolute atomic E-state index is 0.274. The minimum atomic E-state index is -0.408. The standard InChI is InChI=1S/C15H13BrFNO/c16-9-11-4-6-12(7-5-11)10-18-15(19)13-2-1-3-14(17)8-13/h1-8H,9-10H2,(H,18,19). The summed E-state index contributed by atoms with van der Waals surface area (Å²) < 4.78 is 13.0. The van der Waals surface area contributed by atoms with E-state index in [1.165, 1.54) is 23.8 Å². The van der Waals surface area contributed by atoms with Crippen molar-refractivity contribution in [1.82, 2.24) is 5.32 Å². The van der Waals surface area contributed by atoms with E-state index in [4.69, 9.17) is 0 Å². The van der Waals surface area contributed by atoms with Crippen LogP contribution in [0.5, 0.6) is 0 Å². The molecule has 0 aromatic heterocycles. The van der Waals surface area contributed by atoms with Crippen molar-refractivity contribution in [2.45, 2.75) is 11.9 Å². The average Bonchev–Trinajstić information content (AvgIpc) is 2.45. The van der Waals surface area contributed by atoms with Gasteiger partial charge in [0.25, 0.3) is 5.91 Å². The molecule has 2 nitrogen and oxygen atoms in total. The fourth-order valence-corrected chi connectivity index (χ4v) is 2.03. The molecule has 1 N–H and O–H groups in total. The van der Waals surface area contributed by atoms with Gasteiger partial charge in [-0.1, -0.05) is 46.3 Å². The molecule has 0 spiro atoms. The second kappa shape index (κ2) is 6.48. The van der Waals surface area contributed by atoms with Crippen LogP contribution in [-0.2, 0) is 11.9 Å². The Morgan fingerprint density at radius 2 is 1.79 bits per heavy atom. The van der Waals surface area contributed by atoms with E-state index >= 15 is 0 Å². The highest BCUT2D eigenvalue weighted by Gasteiger charge is 2.05. The van der Waals surface area contributed by atoms with Crippen LogP contribution >= 0.6 is 15.9 Å². The Morgan fingerprint density at radius 3 is 2.42 bits per heavy atom. The molecule has 0 aliphatic heterocycles. The Morgan fingerprint density at radius 1 is 1.11 bits per heavy atom. The highest BCUT2D eigenvalue weighted by Crippen LogP contribution is 2.08. The Bertz CT molecular complexity index is 569. The number of amides is 1. The van der Waals surface area contributed by atoms with Gasteiger partial charge in [0.15, 0.2) is 0 Å². The summed E-state index contributed by atoms with van der Waals surface area (Å²) in [5.74, 6) is -0.682. The van der Waals surface area contributed by atoms with E-state index in [-0.39, 0.29) is 5.91 Å². The minimum Gasteiger partial charge on any atom is -0.348 e. The zero-order chi connectivity index (χ0) is 13.7. The molecule has 1 amide bonds. The molecule has 0 bridgehead atoms. The van der Waals surface area contributed by atoms with Crippen LogP contribution < -0.4 is 5.32 Å². The molecule has 2 rings (SSSR count). The number of hydrogen-bond donors (Lipinski definition) is 1. The van der Waals surface area contributed by atoms with Gasteiger partial charge in [0.05, 0.1) is 0 Å². The van der Waals surface area contributed by atoms with Gasteiger partial charge in [-0.25, -0.2) is 4.39 Å². The maximum atomic E-state index is 13.0. The third kappa shape index (κ3) is 3.89. The normalized spacial score (nSPS) is 10.2. The summed E-state index contributed by atoms with van der Waals surface area (Å²) >= 11 is 3.38. The Kier molecular flexibility index (Phi) is 4.68. The number of nitrogens with one attached hydrogen (secondary N) is 1. The second-order valence-corrected chi connectivity index (χ2v) is 4.70. The number of carbonyl (C=O) groups excluding carboxylic acids is 1. The molecule has 19 heavy (non-hydrogen) atoms. The van der Waals surface area contributed by atoms with E-state index in [1.807, 2.05) is 24.3 Å². The largest absolute Gasteiger partial charge is 0.348 e. The lowest BCUT2D eigenvalue weighted by molar-refractivity contribution is 0.0950. The molecular weight excluding hydrogens is 309 g/mol.